The zero-order valence-corrected chi connectivity index (χ0v) is 17.2. The third kappa shape index (κ3) is 4.72. The maximum absolute atomic E-state index is 12.4. The van der Waals surface area contributed by atoms with Gasteiger partial charge in [0.05, 0.1) is 11.7 Å². The molecule has 0 saturated heterocycles. The van der Waals surface area contributed by atoms with Crippen LogP contribution in [-0.2, 0) is 4.74 Å². The molecule has 0 bridgehead atoms. The van der Waals surface area contributed by atoms with Crippen molar-refractivity contribution in [3.8, 4) is 5.69 Å². The number of aryl methyl sites for hydroxylation is 1. The van der Waals surface area contributed by atoms with Gasteiger partial charge < -0.3 is 9.30 Å². The molecule has 0 saturated carbocycles. The summed E-state index contributed by atoms with van der Waals surface area (Å²) in [5.74, 6) is -0.369. The highest BCUT2D eigenvalue weighted by Gasteiger charge is 2.13. The molecule has 0 unspecified atom stereocenters. The third-order valence-corrected chi connectivity index (χ3v) is 4.63. The molecule has 1 aromatic heterocycles. The second kappa shape index (κ2) is 8.74. The van der Waals surface area contributed by atoms with E-state index in [0.29, 0.717) is 11.1 Å². The lowest BCUT2D eigenvalue weighted by Crippen LogP contribution is -2.12. The van der Waals surface area contributed by atoms with Gasteiger partial charge in [0.1, 0.15) is 0 Å². The molecule has 4 nitrogen and oxygen atoms in total. The second-order valence-electron chi connectivity index (χ2n) is 7.23. The minimum absolute atomic E-state index is 0.0335. The molecular weight excluding hydrogens is 362 g/mol. The Morgan fingerprint density at radius 1 is 0.931 bits per heavy atom. The van der Waals surface area contributed by atoms with Crippen molar-refractivity contribution in [2.24, 2.45) is 0 Å². The lowest BCUT2D eigenvalue weighted by Gasteiger charge is -2.12. The summed E-state index contributed by atoms with van der Waals surface area (Å²) in [6, 6.07) is 18.6. The Morgan fingerprint density at radius 3 is 2.31 bits per heavy atom. The summed E-state index contributed by atoms with van der Waals surface area (Å²) >= 11 is 0. The summed E-state index contributed by atoms with van der Waals surface area (Å²) in [5.41, 5.74) is 5.03. The van der Waals surface area contributed by atoms with Gasteiger partial charge in [-0.05, 0) is 69.7 Å². The summed E-state index contributed by atoms with van der Waals surface area (Å²) in [5, 5.41) is 0. The number of ketones is 1. The van der Waals surface area contributed by atoms with Crippen LogP contribution in [0.15, 0.2) is 66.7 Å². The van der Waals surface area contributed by atoms with E-state index in [1.54, 1.807) is 24.3 Å². The van der Waals surface area contributed by atoms with Gasteiger partial charge in [0.2, 0.25) is 0 Å². The number of esters is 1. The molecule has 148 valence electrons. The number of benzene rings is 2. The minimum atomic E-state index is -0.335. The molecule has 0 radical (unpaired) electrons. The Bertz CT molecular complexity index is 1060. The lowest BCUT2D eigenvalue weighted by molar-refractivity contribution is 0.0377. The Hall–Kier alpha value is -3.40. The monoisotopic (exact) mass is 387 g/mol. The Balaban J connectivity index is 1.89. The van der Waals surface area contributed by atoms with Crippen LogP contribution in [-0.4, -0.2) is 22.4 Å². The number of hydrogen-bond acceptors (Lipinski definition) is 3. The van der Waals surface area contributed by atoms with Crippen molar-refractivity contribution in [2.75, 3.05) is 0 Å². The van der Waals surface area contributed by atoms with Crippen molar-refractivity contribution in [2.45, 2.75) is 33.8 Å². The second-order valence-corrected chi connectivity index (χ2v) is 7.23. The van der Waals surface area contributed by atoms with E-state index in [4.69, 9.17) is 4.74 Å². The summed E-state index contributed by atoms with van der Waals surface area (Å²) in [6.45, 7) is 7.66. The summed E-state index contributed by atoms with van der Waals surface area (Å²) < 4.78 is 7.37. The predicted octanol–water partition coefficient (Wildman–Crippen LogP) is 5.56. The number of carbonyl (C=O) groups is 2. The molecular formula is C25H25NO3. The molecule has 0 N–H and O–H groups in total. The summed E-state index contributed by atoms with van der Waals surface area (Å²) in [6.07, 6.45) is 3.27. The van der Waals surface area contributed by atoms with Gasteiger partial charge in [-0.15, -0.1) is 0 Å². The van der Waals surface area contributed by atoms with E-state index in [1.807, 2.05) is 76.2 Å². The standard InChI is InChI=1S/C25H25NO3/c1-17(2)29-25(28)22-11-8-12-23(16-22)26-18(3)15-21(19(26)4)13-14-24(27)20-9-6-5-7-10-20/h5-17H,1-4H3/b14-13+. The highest BCUT2D eigenvalue weighted by atomic mass is 16.5. The fourth-order valence-corrected chi connectivity index (χ4v) is 3.27. The third-order valence-electron chi connectivity index (χ3n) is 4.63. The molecule has 0 atom stereocenters. The zero-order valence-electron chi connectivity index (χ0n) is 17.2. The van der Waals surface area contributed by atoms with Crippen molar-refractivity contribution >= 4 is 17.8 Å². The van der Waals surface area contributed by atoms with Crippen molar-refractivity contribution in [3.05, 3.63) is 94.8 Å². The fraction of sp³-hybridized carbons (Fsp3) is 0.200. The molecule has 4 heteroatoms. The number of aromatic nitrogens is 1. The summed E-state index contributed by atoms with van der Waals surface area (Å²) in [7, 11) is 0. The first-order valence-corrected chi connectivity index (χ1v) is 9.64. The molecule has 0 aliphatic carbocycles. The smallest absolute Gasteiger partial charge is 0.338 e. The molecule has 0 amide bonds. The van der Waals surface area contributed by atoms with Crippen LogP contribution >= 0.6 is 0 Å². The van der Waals surface area contributed by atoms with Crippen molar-refractivity contribution in [3.63, 3.8) is 0 Å². The highest BCUT2D eigenvalue weighted by Crippen LogP contribution is 2.23. The van der Waals surface area contributed by atoms with Gasteiger partial charge in [-0.25, -0.2) is 4.79 Å². The first kappa shape index (κ1) is 20.3. The van der Waals surface area contributed by atoms with E-state index < -0.39 is 0 Å². The summed E-state index contributed by atoms with van der Waals surface area (Å²) in [4.78, 5) is 24.6. The van der Waals surface area contributed by atoms with E-state index in [0.717, 1.165) is 22.6 Å². The highest BCUT2D eigenvalue weighted by molar-refractivity contribution is 6.06. The first-order chi connectivity index (χ1) is 13.9. The van der Waals surface area contributed by atoms with Gasteiger partial charge in [0.25, 0.3) is 0 Å². The molecule has 3 rings (SSSR count). The van der Waals surface area contributed by atoms with E-state index in [2.05, 4.69) is 4.57 Å². The maximum Gasteiger partial charge on any atom is 0.338 e. The van der Waals surface area contributed by atoms with Crippen LogP contribution in [0.4, 0.5) is 0 Å². The average Bonchev–Trinajstić information content (AvgIpc) is 2.99. The van der Waals surface area contributed by atoms with Crippen LogP contribution in [0.25, 0.3) is 11.8 Å². The molecule has 0 fully saturated rings. The van der Waals surface area contributed by atoms with Crippen molar-refractivity contribution < 1.29 is 14.3 Å². The Labute approximate surface area is 171 Å². The molecule has 3 aromatic rings. The van der Waals surface area contributed by atoms with Crippen LogP contribution in [0, 0.1) is 13.8 Å². The van der Waals surface area contributed by atoms with Gasteiger partial charge in [0, 0.05) is 22.6 Å². The minimum Gasteiger partial charge on any atom is -0.459 e. The van der Waals surface area contributed by atoms with Gasteiger partial charge in [0.15, 0.2) is 5.78 Å². The van der Waals surface area contributed by atoms with Crippen LogP contribution in [0.3, 0.4) is 0 Å². The number of nitrogens with zero attached hydrogens (tertiary/aromatic N) is 1. The SMILES string of the molecule is Cc1cc(/C=C/C(=O)c2ccccc2)c(C)n1-c1cccc(C(=O)OC(C)C)c1. The van der Waals surface area contributed by atoms with Crippen molar-refractivity contribution in [1.29, 1.82) is 0 Å². The quantitative estimate of drug-likeness (QED) is 0.316. The van der Waals surface area contributed by atoms with E-state index >= 15 is 0 Å². The molecule has 2 aromatic carbocycles. The van der Waals surface area contributed by atoms with Crippen LogP contribution in [0.5, 0.6) is 0 Å². The topological polar surface area (TPSA) is 48.3 Å². The van der Waals surface area contributed by atoms with Crippen LogP contribution in [0.1, 0.15) is 51.5 Å². The largest absolute Gasteiger partial charge is 0.459 e. The lowest BCUT2D eigenvalue weighted by atomic mass is 10.1. The van der Waals surface area contributed by atoms with Gasteiger partial charge in [-0.2, -0.15) is 0 Å². The van der Waals surface area contributed by atoms with Crippen molar-refractivity contribution in [1.82, 2.24) is 4.57 Å². The predicted molar refractivity (Wildman–Crippen MR) is 116 cm³/mol. The van der Waals surface area contributed by atoms with Gasteiger partial charge in [-0.3, -0.25) is 4.79 Å². The zero-order chi connectivity index (χ0) is 21.0. The fourth-order valence-electron chi connectivity index (χ4n) is 3.27. The maximum atomic E-state index is 12.4. The molecule has 0 aliphatic heterocycles. The van der Waals surface area contributed by atoms with E-state index in [1.165, 1.54) is 0 Å². The van der Waals surface area contributed by atoms with E-state index in [9.17, 15) is 9.59 Å². The first-order valence-electron chi connectivity index (χ1n) is 9.64. The normalized spacial score (nSPS) is 11.2. The van der Waals surface area contributed by atoms with Crippen LogP contribution in [0.2, 0.25) is 0 Å². The molecule has 29 heavy (non-hydrogen) atoms. The number of carbonyl (C=O) groups excluding carboxylic acids is 2. The molecule has 0 spiro atoms. The number of hydrogen-bond donors (Lipinski definition) is 0. The van der Waals surface area contributed by atoms with E-state index in [-0.39, 0.29) is 17.9 Å². The van der Waals surface area contributed by atoms with Crippen LogP contribution < -0.4 is 0 Å². The molecule has 1 heterocycles. The Kier molecular flexibility index (Phi) is 6.13. The number of ether oxygens (including phenoxy) is 1. The number of allylic oxidation sites excluding steroid dienone is 1. The molecule has 0 aliphatic rings. The van der Waals surface area contributed by atoms with Gasteiger partial charge in [-0.1, -0.05) is 36.4 Å². The number of rotatable bonds is 6. The Morgan fingerprint density at radius 2 is 1.62 bits per heavy atom. The average molecular weight is 387 g/mol. The van der Waals surface area contributed by atoms with Gasteiger partial charge >= 0.3 is 5.97 Å².